The number of carbonyl (C=O) groups excluding carboxylic acids is 1. The molecule has 7 heteroatoms. The number of nitrogens with zero attached hydrogens (tertiary/aromatic N) is 2. The Hall–Kier alpha value is -3.64. The molecule has 0 atom stereocenters. The van der Waals surface area contributed by atoms with Crippen molar-refractivity contribution in [1.82, 2.24) is 9.55 Å². The molecule has 0 saturated carbocycles. The van der Waals surface area contributed by atoms with Gasteiger partial charge in [-0.05, 0) is 60.2 Å². The fourth-order valence-electron chi connectivity index (χ4n) is 3.16. The summed E-state index contributed by atoms with van der Waals surface area (Å²) >= 11 is 5.96. The largest absolute Gasteiger partial charge is 0.497 e. The second-order valence-corrected chi connectivity index (χ2v) is 7.11. The standard InChI is InChI=1S/C23H18ClN3O3/c1-30-19-10-8-18(9-11-19)26-22(28)20-13-16-3-2-12-25-21(16)27(23(20)29)14-15-4-6-17(24)7-5-15/h2-13H,14H2,1H3,(H,26,28). The quantitative estimate of drug-likeness (QED) is 0.521. The van der Waals surface area contributed by atoms with E-state index in [9.17, 15) is 9.59 Å². The lowest BCUT2D eigenvalue weighted by molar-refractivity contribution is 0.102. The van der Waals surface area contributed by atoms with Crippen LogP contribution in [0.15, 0.2) is 77.7 Å². The van der Waals surface area contributed by atoms with Crippen LogP contribution in [-0.4, -0.2) is 22.6 Å². The first-order valence-corrected chi connectivity index (χ1v) is 9.61. The minimum atomic E-state index is -0.485. The molecule has 2 aromatic heterocycles. The first-order valence-electron chi connectivity index (χ1n) is 9.23. The van der Waals surface area contributed by atoms with Crippen molar-refractivity contribution >= 4 is 34.2 Å². The third-order valence-electron chi connectivity index (χ3n) is 4.69. The fourth-order valence-corrected chi connectivity index (χ4v) is 3.29. The van der Waals surface area contributed by atoms with Crippen LogP contribution in [0, 0.1) is 0 Å². The number of nitrogens with one attached hydrogen (secondary N) is 1. The summed E-state index contributed by atoms with van der Waals surface area (Å²) in [5.74, 6) is 0.191. The highest BCUT2D eigenvalue weighted by Gasteiger charge is 2.17. The highest BCUT2D eigenvalue weighted by molar-refractivity contribution is 6.30. The van der Waals surface area contributed by atoms with Crippen molar-refractivity contribution in [3.63, 3.8) is 0 Å². The normalized spacial score (nSPS) is 10.7. The van der Waals surface area contributed by atoms with Gasteiger partial charge in [-0.1, -0.05) is 23.7 Å². The van der Waals surface area contributed by atoms with Crippen LogP contribution in [0.4, 0.5) is 5.69 Å². The van der Waals surface area contributed by atoms with Crippen LogP contribution in [0.25, 0.3) is 11.0 Å². The molecule has 0 aliphatic rings. The van der Waals surface area contributed by atoms with Gasteiger partial charge in [0.05, 0.1) is 13.7 Å². The van der Waals surface area contributed by atoms with E-state index in [0.717, 1.165) is 5.56 Å². The van der Waals surface area contributed by atoms with E-state index in [0.29, 0.717) is 27.5 Å². The van der Waals surface area contributed by atoms with Gasteiger partial charge in [-0.25, -0.2) is 4.98 Å². The summed E-state index contributed by atoms with van der Waals surface area (Å²) in [6.07, 6.45) is 1.62. The number of hydrogen-bond acceptors (Lipinski definition) is 4. The number of halogens is 1. The Morgan fingerprint density at radius 1 is 1.10 bits per heavy atom. The molecule has 0 fully saturated rings. The summed E-state index contributed by atoms with van der Waals surface area (Å²) in [5, 5.41) is 4.08. The van der Waals surface area contributed by atoms with Crippen LogP contribution in [0.2, 0.25) is 5.02 Å². The maximum atomic E-state index is 13.2. The predicted octanol–water partition coefficient (Wildman–Crippen LogP) is 4.36. The number of benzene rings is 2. The second kappa shape index (κ2) is 8.39. The molecule has 150 valence electrons. The van der Waals surface area contributed by atoms with E-state index >= 15 is 0 Å². The lowest BCUT2D eigenvalue weighted by atomic mass is 10.1. The molecule has 2 heterocycles. The van der Waals surface area contributed by atoms with Crippen LogP contribution < -0.4 is 15.6 Å². The van der Waals surface area contributed by atoms with E-state index in [1.807, 2.05) is 18.2 Å². The lowest BCUT2D eigenvalue weighted by Gasteiger charge is -2.13. The Labute approximate surface area is 177 Å². The molecular formula is C23H18ClN3O3. The molecule has 4 aromatic rings. The molecule has 0 aliphatic heterocycles. The molecule has 0 spiro atoms. The highest BCUT2D eigenvalue weighted by atomic mass is 35.5. The molecule has 0 radical (unpaired) electrons. The van der Waals surface area contributed by atoms with Crippen molar-refractivity contribution in [2.75, 3.05) is 12.4 Å². The van der Waals surface area contributed by atoms with Crippen LogP contribution in [0.3, 0.4) is 0 Å². The third-order valence-corrected chi connectivity index (χ3v) is 4.95. The molecule has 1 N–H and O–H groups in total. The van der Waals surface area contributed by atoms with Gasteiger partial charge in [-0.15, -0.1) is 0 Å². The number of methoxy groups -OCH3 is 1. The van der Waals surface area contributed by atoms with Gasteiger partial charge in [-0.3, -0.25) is 14.2 Å². The number of amides is 1. The van der Waals surface area contributed by atoms with Gasteiger partial charge in [0.25, 0.3) is 11.5 Å². The number of rotatable bonds is 5. The first kappa shape index (κ1) is 19.7. The van der Waals surface area contributed by atoms with Crippen LogP contribution >= 0.6 is 11.6 Å². The summed E-state index contributed by atoms with van der Waals surface area (Å²) < 4.78 is 6.63. The monoisotopic (exact) mass is 419 g/mol. The average Bonchev–Trinajstić information content (AvgIpc) is 2.77. The highest BCUT2D eigenvalue weighted by Crippen LogP contribution is 2.18. The second-order valence-electron chi connectivity index (χ2n) is 6.67. The Bertz CT molecular complexity index is 1270. The first-order chi connectivity index (χ1) is 14.5. The number of hydrogen-bond donors (Lipinski definition) is 1. The predicted molar refractivity (Wildman–Crippen MR) is 118 cm³/mol. The van der Waals surface area contributed by atoms with E-state index in [2.05, 4.69) is 10.3 Å². The van der Waals surface area contributed by atoms with Crippen molar-refractivity contribution in [1.29, 1.82) is 0 Å². The van der Waals surface area contributed by atoms with Gasteiger partial charge >= 0.3 is 0 Å². The van der Waals surface area contributed by atoms with Crippen molar-refractivity contribution < 1.29 is 9.53 Å². The van der Waals surface area contributed by atoms with E-state index < -0.39 is 11.5 Å². The molecule has 1 amide bonds. The summed E-state index contributed by atoms with van der Waals surface area (Å²) in [5.41, 5.74) is 1.58. The smallest absolute Gasteiger partial charge is 0.265 e. The van der Waals surface area contributed by atoms with Gasteiger partial charge in [0.15, 0.2) is 0 Å². The van der Waals surface area contributed by atoms with Gasteiger partial charge in [0.1, 0.15) is 17.0 Å². The third kappa shape index (κ3) is 4.04. The fraction of sp³-hybridized carbons (Fsp3) is 0.0870. The molecule has 0 saturated heterocycles. The average molecular weight is 420 g/mol. The minimum Gasteiger partial charge on any atom is -0.497 e. The molecule has 0 aliphatic carbocycles. The molecule has 0 bridgehead atoms. The van der Waals surface area contributed by atoms with Gasteiger partial charge in [-0.2, -0.15) is 0 Å². The number of pyridine rings is 2. The van der Waals surface area contributed by atoms with Crippen molar-refractivity contribution in [2.24, 2.45) is 0 Å². The van der Waals surface area contributed by atoms with Crippen molar-refractivity contribution in [2.45, 2.75) is 6.54 Å². The Morgan fingerprint density at radius 2 is 1.83 bits per heavy atom. The van der Waals surface area contributed by atoms with Crippen LogP contribution in [-0.2, 0) is 6.54 Å². The number of carbonyl (C=O) groups is 1. The topological polar surface area (TPSA) is 73.2 Å². The zero-order valence-electron chi connectivity index (χ0n) is 16.1. The summed E-state index contributed by atoms with van der Waals surface area (Å²) in [7, 11) is 1.57. The number of ether oxygens (including phenoxy) is 1. The maximum Gasteiger partial charge on any atom is 0.265 e. The Kier molecular flexibility index (Phi) is 5.50. The van der Waals surface area contributed by atoms with Crippen molar-refractivity contribution in [3.8, 4) is 5.75 Å². The lowest BCUT2D eigenvalue weighted by Crippen LogP contribution is -2.30. The zero-order chi connectivity index (χ0) is 21.1. The summed E-state index contributed by atoms with van der Waals surface area (Å²) in [6, 6.07) is 19.3. The SMILES string of the molecule is COc1ccc(NC(=O)c2cc3cccnc3n(Cc3ccc(Cl)cc3)c2=O)cc1. The van der Waals surface area contributed by atoms with Crippen LogP contribution in [0.5, 0.6) is 5.75 Å². The molecule has 0 unspecified atom stereocenters. The Morgan fingerprint density at radius 3 is 2.53 bits per heavy atom. The van der Waals surface area contributed by atoms with E-state index in [-0.39, 0.29) is 12.1 Å². The maximum absolute atomic E-state index is 13.2. The number of anilines is 1. The van der Waals surface area contributed by atoms with E-state index in [1.165, 1.54) is 4.57 Å². The van der Waals surface area contributed by atoms with Gasteiger partial charge in [0, 0.05) is 22.3 Å². The minimum absolute atomic E-state index is 0.0419. The summed E-state index contributed by atoms with van der Waals surface area (Å²) in [6.45, 7) is 0.271. The molecular weight excluding hydrogens is 402 g/mol. The molecule has 6 nitrogen and oxygen atoms in total. The Balaban J connectivity index is 1.74. The summed E-state index contributed by atoms with van der Waals surface area (Å²) in [4.78, 5) is 30.4. The molecule has 4 rings (SSSR count). The van der Waals surface area contributed by atoms with E-state index in [4.69, 9.17) is 16.3 Å². The zero-order valence-corrected chi connectivity index (χ0v) is 16.9. The molecule has 2 aromatic carbocycles. The van der Waals surface area contributed by atoms with Gasteiger partial charge < -0.3 is 10.1 Å². The van der Waals surface area contributed by atoms with Crippen LogP contribution in [0.1, 0.15) is 15.9 Å². The van der Waals surface area contributed by atoms with Crippen molar-refractivity contribution in [3.05, 3.63) is 99.4 Å². The van der Waals surface area contributed by atoms with E-state index in [1.54, 1.807) is 61.8 Å². The van der Waals surface area contributed by atoms with Gasteiger partial charge in [0.2, 0.25) is 0 Å². The number of aromatic nitrogens is 2. The number of fused-ring (bicyclic) bond motifs is 1. The molecule has 30 heavy (non-hydrogen) atoms.